The third kappa shape index (κ3) is 4.74. The van der Waals surface area contributed by atoms with Crippen LogP contribution in [0.4, 0.5) is 0 Å². The molecule has 5 nitrogen and oxygen atoms in total. The molecule has 0 bridgehead atoms. The number of aryl methyl sites for hydroxylation is 1. The van der Waals surface area contributed by atoms with Gasteiger partial charge in [0, 0.05) is 38.5 Å². The maximum absolute atomic E-state index is 5.50. The monoisotopic (exact) mass is 226 g/mol. The van der Waals surface area contributed by atoms with Crippen molar-refractivity contribution in [3.63, 3.8) is 0 Å². The Morgan fingerprint density at radius 2 is 2.44 bits per heavy atom. The van der Waals surface area contributed by atoms with E-state index >= 15 is 0 Å². The van der Waals surface area contributed by atoms with Crippen LogP contribution in [0, 0.1) is 0 Å². The Labute approximate surface area is 97.0 Å². The van der Waals surface area contributed by atoms with Crippen LogP contribution in [0.3, 0.4) is 0 Å². The number of aromatic nitrogens is 2. The number of nitrogens with one attached hydrogen (secondary N) is 1. The standard InChI is InChI=1S/C11H22N4O/c1-15-8-10(7-14-15)6-13-11(9-16-2)4-3-5-12/h7-8,11,13H,3-6,9,12H2,1-2H3. The van der Waals surface area contributed by atoms with Gasteiger partial charge in [-0.25, -0.2) is 0 Å². The summed E-state index contributed by atoms with van der Waals surface area (Å²) in [7, 11) is 3.64. The van der Waals surface area contributed by atoms with E-state index in [0.717, 1.165) is 32.5 Å². The van der Waals surface area contributed by atoms with Crippen LogP contribution < -0.4 is 11.1 Å². The van der Waals surface area contributed by atoms with E-state index in [1.807, 2.05) is 24.1 Å². The molecule has 5 heteroatoms. The minimum atomic E-state index is 0.369. The molecule has 1 atom stereocenters. The van der Waals surface area contributed by atoms with Gasteiger partial charge in [-0.05, 0) is 19.4 Å². The van der Waals surface area contributed by atoms with E-state index in [-0.39, 0.29) is 0 Å². The van der Waals surface area contributed by atoms with Crippen LogP contribution in [0.5, 0.6) is 0 Å². The second kappa shape index (κ2) is 7.38. The Morgan fingerprint density at radius 1 is 1.62 bits per heavy atom. The highest BCUT2D eigenvalue weighted by Gasteiger charge is 2.07. The fourth-order valence-corrected chi connectivity index (χ4v) is 1.64. The molecule has 0 aromatic carbocycles. The van der Waals surface area contributed by atoms with E-state index in [2.05, 4.69) is 10.4 Å². The number of rotatable bonds is 8. The number of hydrogen-bond donors (Lipinski definition) is 2. The average molecular weight is 226 g/mol. The Morgan fingerprint density at radius 3 is 3.00 bits per heavy atom. The summed E-state index contributed by atoms with van der Waals surface area (Å²) in [5.41, 5.74) is 6.69. The smallest absolute Gasteiger partial charge is 0.0615 e. The summed E-state index contributed by atoms with van der Waals surface area (Å²) < 4.78 is 6.98. The van der Waals surface area contributed by atoms with Crippen LogP contribution in [0.25, 0.3) is 0 Å². The van der Waals surface area contributed by atoms with Gasteiger partial charge in [-0.1, -0.05) is 0 Å². The number of hydrogen-bond acceptors (Lipinski definition) is 4. The first-order valence-corrected chi connectivity index (χ1v) is 5.66. The van der Waals surface area contributed by atoms with Crippen LogP contribution in [0.15, 0.2) is 12.4 Å². The Hall–Kier alpha value is -0.910. The van der Waals surface area contributed by atoms with Gasteiger partial charge in [0.1, 0.15) is 0 Å². The SMILES string of the molecule is COCC(CCCN)NCc1cnn(C)c1. The molecule has 3 N–H and O–H groups in total. The van der Waals surface area contributed by atoms with Crippen molar-refractivity contribution < 1.29 is 4.74 Å². The van der Waals surface area contributed by atoms with E-state index < -0.39 is 0 Å². The number of nitrogens with two attached hydrogens (primary N) is 1. The fourth-order valence-electron chi connectivity index (χ4n) is 1.64. The molecular formula is C11H22N4O. The van der Waals surface area contributed by atoms with Crippen molar-refractivity contribution in [3.8, 4) is 0 Å². The zero-order chi connectivity index (χ0) is 11.8. The van der Waals surface area contributed by atoms with Crippen molar-refractivity contribution in [3.05, 3.63) is 18.0 Å². The first kappa shape index (κ1) is 13.2. The molecule has 16 heavy (non-hydrogen) atoms. The summed E-state index contributed by atoms with van der Waals surface area (Å²) in [5.74, 6) is 0. The molecule has 1 aromatic heterocycles. The van der Waals surface area contributed by atoms with Gasteiger partial charge < -0.3 is 15.8 Å². The largest absolute Gasteiger partial charge is 0.383 e. The number of nitrogens with zero attached hydrogens (tertiary/aromatic N) is 2. The molecule has 92 valence electrons. The van der Waals surface area contributed by atoms with Crippen LogP contribution in [0.2, 0.25) is 0 Å². The highest BCUT2D eigenvalue weighted by molar-refractivity contribution is 5.03. The lowest BCUT2D eigenvalue weighted by molar-refractivity contribution is 0.161. The first-order chi connectivity index (χ1) is 7.76. The molecule has 1 aromatic rings. The van der Waals surface area contributed by atoms with E-state index in [0.29, 0.717) is 6.04 Å². The van der Waals surface area contributed by atoms with E-state index in [9.17, 15) is 0 Å². The van der Waals surface area contributed by atoms with Crippen molar-refractivity contribution in [1.29, 1.82) is 0 Å². The first-order valence-electron chi connectivity index (χ1n) is 5.66. The van der Waals surface area contributed by atoms with Crippen molar-refractivity contribution in [1.82, 2.24) is 15.1 Å². The summed E-state index contributed by atoms with van der Waals surface area (Å²) in [5, 5.41) is 7.58. The predicted octanol–water partition coefficient (Wildman–Crippen LogP) is 0.264. The lowest BCUT2D eigenvalue weighted by Crippen LogP contribution is -2.33. The quantitative estimate of drug-likeness (QED) is 0.667. The topological polar surface area (TPSA) is 65.1 Å². The van der Waals surface area contributed by atoms with Gasteiger partial charge in [0.25, 0.3) is 0 Å². The minimum Gasteiger partial charge on any atom is -0.383 e. The maximum atomic E-state index is 5.50. The summed E-state index contributed by atoms with van der Waals surface area (Å²) >= 11 is 0. The van der Waals surface area contributed by atoms with Gasteiger partial charge in [0.05, 0.1) is 12.8 Å². The normalized spacial score (nSPS) is 12.9. The molecule has 0 saturated heterocycles. The zero-order valence-corrected chi connectivity index (χ0v) is 10.1. The van der Waals surface area contributed by atoms with Crippen LogP contribution in [-0.2, 0) is 18.3 Å². The fraction of sp³-hybridized carbons (Fsp3) is 0.727. The molecule has 0 radical (unpaired) electrons. The van der Waals surface area contributed by atoms with Crippen LogP contribution in [0.1, 0.15) is 18.4 Å². The van der Waals surface area contributed by atoms with Gasteiger partial charge in [0.2, 0.25) is 0 Å². The molecule has 0 spiro atoms. The van der Waals surface area contributed by atoms with Crippen LogP contribution >= 0.6 is 0 Å². The summed E-state index contributed by atoms with van der Waals surface area (Å²) in [4.78, 5) is 0. The van der Waals surface area contributed by atoms with Crippen molar-refractivity contribution in [2.24, 2.45) is 12.8 Å². The van der Waals surface area contributed by atoms with Crippen LogP contribution in [-0.4, -0.2) is 36.1 Å². The van der Waals surface area contributed by atoms with E-state index in [1.165, 1.54) is 5.56 Å². The molecular weight excluding hydrogens is 204 g/mol. The lowest BCUT2D eigenvalue weighted by Gasteiger charge is -2.16. The summed E-state index contributed by atoms with van der Waals surface area (Å²) in [6.45, 7) is 2.28. The maximum Gasteiger partial charge on any atom is 0.0615 e. The third-order valence-corrected chi connectivity index (χ3v) is 2.48. The van der Waals surface area contributed by atoms with Crippen molar-refractivity contribution in [2.75, 3.05) is 20.3 Å². The average Bonchev–Trinajstić information content (AvgIpc) is 2.68. The summed E-state index contributed by atoms with van der Waals surface area (Å²) in [6, 6.07) is 0.369. The Balaban J connectivity index is 2.30. The Kier molecular flexibility index (Phi) is 6.07. The van der Waals surface area contributed by atoms with E-state index in [4.69, 9.17) is 10.5 Å². The van der Waals surface area contributed by atoms with Gasteiger partial charge in [-0.3, -0.25) is 4.68 Å². The molecule has 0 fully saturated rings. The molecule has 1 unspecified atom stereocenters. The highest BCUT2D eigenvalue weighted by atomic mass is 16.5. The molecule has 0 aliphatic carbocycles. The molecule has 0 aliphatic rings. The highest BCUT2D eigenvalue weighted by Crippen LogP contribution is 2.01. The lowest BCUT2D eigenvalue weighted by atomic mass is 10.1. The second-order valence-corrected chi connectivity index (χ2v) is 3.99. The minimum absolute atomic E-state index is 0.369. The van der Waals surface area contributed by atoms with E-state index in [1.54, 1.807) is 7.11 Å². The van der Waals surface area contributed by atoms with Gasteiger partial charge >= 0.3 is 0 Å². The molecule has 0 aliphatic heterocycles. The molecule has 0 saturated carbocycles. The van der Waals surface area contributed by atoms with Gasteiger partial charge in [-0.15, -0.1) is 0 Å². The number of ether oxygens (including phenoxy) is 1. The molecule has 0 amide bonds. The van der Waals surface area contributed by atoms with Crippen molar-refractivity contribution >= 4 is 0 Å². The van der Waals surface area contributed by atoms with Crippen molar-refractivity contribution in [2.45, 2.75) is 25.4 Å². The Bertz CT molecular complexity index is 287. The van der Waals surface area contributed by atoms with Gasteiger partial charge in [-0.2, -0.15) is 5.10 Å². The summed E-state index contributed by atoms with van der Waals surface area (Å²) in [6.07, 6.45) is 5.96. The second-order valence-electron chi connectivity index (χ2n) is 3.99. The molecule has 1 heterocycles. The number of methoxy groups -OCH3 is 1. The molecule has 1 rings (SSSR count). The zero-order valence-electron chi connectivity index (χ0n) is 10.1. The van der Waals surface area contributed by atoms with Gasteiger partial charge in [0.15, 0.2) is 0 Å². The predicted molar refractivity (Wildman–Crippen MR) is 64.0 cm³/mol. The third-order valence-electron chi connectivity index (χ3n) is 2.48.